The fraction of sp³-hybridized carbons (Fsp3) is 0.667. The highest BCUT2D eigenvalue weighted by atomic mass is 19.3. The van der Waals surface area contributed by atoms with Crippen molar-refractivity contribution in [3.63, 3.8) is 0 Å². The Balaban J connectivity index is 1.60. The lowest BCUT2D eigenvalue weighted by atomic mass is 9.77. The van der Waals surface area contributed by atoms with Crippen LogP contribution in [-0.2, 0) is 25.0 Å². The molecule has 0 radical (unpaired) electrons. The van der Waals surface area contributed by atoms with Crippen LogP contribution in [0.25, 0.3) is 11.0 Å². The summed E-state index contributed by atoms with van der Waals surface area (Å²) in [4.78, 5) is 50.0. The van der Waals surface area contributed by atoms with Crippen molar-refractivity contribution in [3.8, 4) is 11.6 Å². The molecule has 0 spiro atoms. The fourth-order valence-electron chi connectivity index (χ4n) is 6.72. The van der Waals surface area contributed by atoms with Gasteiger partial charge in [-0.05, 0) is 49.1 Å². The highest BCUT2D eigenvalue weighted by Gasteiger charge is 2.52. The Morgan fingerprint density at radius 3 is 2.56 bits per heavy atom. The number of alkyl halides is 2. The standard InChI is InChI=1S/C33H43F2N3O7/c1-6-9-20-25-17-38(27(20)31(41)42)30(40)21(32(2,3)4)16-26(39)44-24-14-18(24)10-7-8-13-33(34,35)28-29(45-25)37-23-15-19(43-5)11-12-22(23)36-28/h11-12,15,18,20-21,24-25,27H,6-10,13-14,16-17H2,1-5H3,(H,41,42)/t18-,20-,21-,24-,25+,27+/m1/s1. The van der Waals surface area contributed by atoms with E-state index in [1.807, 2.05) is 27.7 Å². The van der Waals surface area contributed by atoms with Crippen LogP contribution in [0.1, 0.15) is 84.8 Å². The predicted molar refractivity (Wildman–Crippen MR) is 160 cm³/mol. The summed E-state index contributed by atoms with van der Waals surface area (Å²) in [6, 6.07) is 3.46. The monoisotopic (exact) mass is 631 g/mol. The zero-order chi connectivity index (χ0) is 32.7. The van der Waals surface area contributed by atoms with Gasteiger partial charge in [0.15, 0.2) is 5.69 Å². The number of aliphatic carboxylic acids is 1. The third-order valence-electron chi connectivity index (χ3n) is 9.37. The molecule has 0 unspecified atom stereocenters. The predicted octanol–water partition coefficient (Wildman–Crippen LogP) is 5.75. The van der Waals surface area contributed by atoms with Crippen LogP contribution < -0.4 is 9.47 Å². The second-order valence-corrected chi connectivity index (χ2v) is 13.7. The normalized spacial score (nSPS) is 29.1. The summed E-state index contributed by atoms with van der Waals surface area (Å²) in [7, 11) is 1.48. The first-order valence-electron chi connectivity index (χ1n) is 15.9. The van der Waals surface area contributed by atoms with Crippen molar-refractivity contribution in [3.05, 3.63) is 23.9 Å². The molecule has 2 fully saturated rings. The van der Waals surface area contributed by atoms with Crippen molar-refractivity contribution in [2.24, 2.45) is 23.2 Å². The number of carbonyl (C=O) groups excluding carboxylic acids is 2. The molecular formula is C33H43F2N3O7. The van der Waals surface area contributed by atoms with Crippen LogP contribution in [0.2, 0.25) is 0 Å². The van der Waals surface area contributed by atoms with Crippen LogP contribution in [0.3, 0.4) is 0 Å². The molecule has 2 bridgehead atoms. The Morgan fingerprint density at radius 2 is 1.89 bits per heavy atom. The zero-order valence-electron chi connectivity index (χ0n) is 26.6. The summed E-state index contributed by atoms with van der Waals surface area (Å²) in [6.45, 7) is 7.18. The minimum Gasteiger partial charge on any atom is -0.497 e. The van der Waals surface area contributed by atoms with E-state index in [1.165, 1.54) is 12.0 Å². The van der Waals surface area contributed by atoms with E-state index >= 15 is 8.78 Å². The number of rotatable bonds is 4. The van der Waals surface area contributed by atoms with E-state index in [2.05, 4.69) is 9.97 Å². The van der Waals surface area contributed by atoms with Gasteiger partial charge in [0.2, 0.25) is 11.8 Å². The van der Waals surface area contributed by atoms with E-state index in [0.29, 0.717) is 37.9 Å². The molecule has 6 atom stereocenters. The van der Waals surface area contributed by atoms with Crippen LogP contribution >= 0.6 is 0 Å². The smallest absolute Gasteiger partial charge is 0.326 e. The summed E-state index contributed by atoms with van der Waals surface area (Å²) in [5.74, 6) is -7.06. The number of nitrogens with zero attached hydrogens (tertiary/aromatic N) is 3. The van der Waals surface area contributed by atoms with Crippen molar-refractivity contribution >= 4 is 28.9 Å². The Bertz CT molecular complexity index is 1450. The molecule has 3 heterocycles. The number of esters is 1. The maximum atomic E-state index is 16.0. The van der Waals surface area contributed by atoms with Crippen LogP contribution in [0.4, 0.5) is 8.78 Å². The van der Waals surface area contributed by atoms with Crippen molar-refractivity contribution < 1.29 is 42.5 Å². The molecule has 246 valence electrons. The number of carbonyl (C=O) groups is 3. The summed E-state index contributed by atoms with van der Waals surface area (Å²) in [5.41, 5.74) is -0.781. The Hall–Kier alpha value is -3.57. The summed E-state index contributed by atoms with van der Waals surface area (Å²) in [5, 5.41) is 10.4. The number of halogens is 2. The minimum atomic E-state index is -3.39. The van der Waals surface area contributed by atoms with E-state index in [-0.39, 0.29) is 48.3 Å². The van der Waals surface area contributed by atoms with Gasteiger partial charge in [-0.3, -0.25) is 9.59 Å². The Morgan fingerprint density at radius 1 is 1.13 bits per heavy atom. The number of methoxy groups -OCH3 is 1. The lowest BCUT2D eigenvalue weighted by molar-refractivity contribution is -0.157. The Kier molecular flexibility index (Phi) is 9.24. The van der Waals surface area contributed by atoms with Crippen LogP contribution in [0.5, 0.6) is 11.6 Å². The lowest BCUT2D eigenvalue weighted by Gasteiger charge is -2.34. The van der Waals surface area contributed by atoms with Gasteiger partial charge in [-0.25, -0.2) is 14.8 Å². The van der Waals surface area contributed by atoms with Gasteiger partial charge in [-0.2, -0.15) is 8.78 Å². The number of carboxylic acid groups (broad SMARTS) is 1. The quantitative estimate of drug-likeness (QED) is 0.420. The molecule has 5 rings (SSSR count). The molecule has 2 aromatic rings. The van der Waals surface area contributed by atoms with E-state index in [4.69, 9.17) is 14.2 Å². The van der Waals surface area contributed by atoms with Crippen LogP contribution in [-0.4, -0.2) is 69.7 Å². The first-order chi connectivity index (χ1) is 21.2. The first kappa shape index (κ1) is 32.8. The number of fused-ring (bicyclic) bond motifs is 5. The number of hydrogen-bond acceptors (Lipinski definition) is 8. The molecule has 2 aliphatic heterocycles. The van der Waals surface area contributed by atoms with Gasteiger partial charge in [0.1, 0.15) is 24.0 Å². The second-order valence-electron chi connectivity index (χ2n) is 13.7. The molecule has 12 heteroatoms. The van der Waals surface area contributed by atoms with Gasteiger partial charge in [0, 0.05) is 18.4 Å². The maximum absolute atomic E-state index is 16.0. The van der Waals surface area contributed by atoms with E-state index in [1.54, 1.807) is 18.2 Å². The fourth-order valence-corrected chi connectivity index (χ4v) is 6.72. The zero-order valence-corrected chi connectivity index (χ0v) is 26.6. The topological polar surface area (TPSA) is 128 Å². The summed E-state index contributed by atoms with van der Waals surface area (Å²) in [6.07, 6.45) is 1.01. The number of amides is 1. The molecule has 1 aromatic heterocycles. The average molecular weight is 632 g/mol. The molecule has 1 saturated heterocycles. The molecular weight excluding hydrogens is 588 g/mol. The van der Waals surface area contributed by atoms with Gasteiger partial charge < -0.3 is 24.2 Å². The molecule has 1 N–H and O–H groups in total. The van der Waals surface area contributed by atoms with Gasteiger partial charge in [0.05, 0.1) is 37.0 Å². The molecule has 1 aromatic carbocycles. The average Bonchev–Trinajstić information content (AvgIpc) is 3.60. The number of ether oxygens (including phenoxy) is 3. The van der Waals surface area contributed by atoms with Crippen LogP contribution in [0.15, 0.2) is 18.2 Å². The van der Waals surface area contributed by atoms with Gasteiger partial charge in [0.25, 0.3) is 5.92 Å². The van der Waals surface area contributed by atoms with Crippen molar-refractivity contribution in [1.29, 1.82) is 0 Å². The second kappa shape index (κ2) is 12.7. The lowest BCUT2D eigenvalue weighted by Crippen LogP contribution is -2.48. The summed E-state index contributed by atoms with van der Waals surface area (Å²) < 4.78 is 49.2. The minimum absolute atomic E-state index is 0.0881. The number of carboxylic acids is 1. The van der Waals surface area contributed by atoms with Crippen molar-refractivity contribution in [2.75, 3.05) is 13.7 Å². The molecule has 1 saturated carbocycles. The largest absolute Gasteiger partial charge is 0.497 e. The number of hydrogen-bond donors (Lipinski definition) is 1. The maximum Gasteiger partial charge on any atom is 0.326 e. The van der Waals surface area contributed by atoms with Gasteiger partial charge >= 0.3 is 11.9 Å². The van der Waals surface area contributed by atoms with E-state index in [9.17, 15) is 19.5 Å². The van der Waals surface area contributed by atoms with E-state index < -0.39 is 65.3 Å². The number of aromatic nitrogens is 2. The SMILES string of the molecule is CCC[C@@H]1[C@@H]2CN(C(=O)[C@H](C(C)(C)C)CC(=O)O[C@@H]3C[C@H]3CCCCC(F)(F)c3nc4ccc(OC)cc4nc3O2)[C@@H]1C(=O)O. The van der Waals surface area contributed by atoms with Crippen molar-refractivity contribution in [2.45, 2.75) is 103 Å². The third-order valence-corrected chi connectivity index (χ3v) is 9.37. The molecule has 10 nitrogen and oxygen atoms in total. The van der Waals surface area contributed by atoms with E-state index in [0.717, 1.165) is 0 Å². The molecule has 1 aliphatic carbocycles. The molecule has 3 aliphatic rings. The highest BCUT2D eigenvalue weighted by Crippen LogP contribution is 2.44. The Labute approximate surface area is 261 Å². The summed E-state index contributed by atoms with van der Waals surface area (Å²) >= 11 is 0. The molecule has 45 heavy (non-hydrogen) atoms. The third kappa shape index (κ3) is 6.99. The highest BCUT2D eigenvalue weighted by molar-refractivity contribution is 5.89. The number of benzene rings is 1. The van der Waals surface area contributed by atoms with Gasteiger partial charge in [-0.1, -0.05) is 40.5 Å². The van der Waals surface area contributed by atoms with Gasteiger partial charge in [-0.15, -0.1) is 0 Å². The van der Waals surface area contributed by atoms with Crippen LogP contribution in [0, 0.1) is 23.2 Å². The first-order valence-corrected chi connectivity index (χ1v) is 15.9. The molecule has 1 amide bonds. The van der Waals surface area contributed by atoms with Crippen molar-refractivity contribution in [1.82, 2.24) is 14.9 Å².